The fourth-order valence-electron chi connectivity index (χ4n) is 4.61. The van der Waals surface area contributed by atoms with Crippen molar-refractivity contribution in [2.24, 2.45) is 0 Å². The largest absolute Gasteiger partial charge is 0.357 e. The van der Waals surface area contributed by atoms with Gasteiger partial charge in [0.2, 0.25) is 11.8 Å². The predicted molar refractivity (Wildman–Crippen MR) is 175 cm³/mol. The van der Waals surface area contributed by atoms with Gasteiger partial charge in [0.25, 0.3) is 10.0 Å². The summed E-state index contributed by atoms with van der Waals surface area (Å²) in [5.74, 6) is -0.902. The fraction of sp³-hybridized carbons (Fsp3) is 0.212. The predicted octanol–water partition coefficient (Wildman–Crippen LogP) is 6.30. The Labute approximate surface area is 266 Å². The first-order valence-electron chi connectivity index (χ1n) is 13.6. The number of halogens is 2. The summed E-state index contributed by atoms with van der Waals surface area (Å²) in [6.07, 6.45) is 0.240. The van der Waals surface area contributed by atoms with Crippen molar-refractivity contribution in [3.05, 3.63) is 129 Å². The number of aryl methyl sites for hydroxylation is 2. The Morgan fingerprint density at radius 2 is 1.53 bits per heavy atom. The topological polar surface area (TPSA) is 86.8 Å². The molecular formula is C33H33BrClN3O4S. The minimum Gasteiger partial charge on any atom is -0.357 e. The maximum atomic E-state index is 14.3. The second-order valence-corrected chi connectivity index (χ2v) is 13.4. The molecule has 0 aromatic heterocycles. The maximum absolute atomic E-state index is 14.3. The molecule has 4 rings (SSSR count). The van der Waals surface area contributed by atoms with E-state index in [-0.39, 0.29) is 29.5 Å². The average molecular weight is 683 g/mol. The van der Waals surface area contributed by atoms with Gasteiger partial charge in [0.15, 0.2) is 0 Å². The third kappa shape index (κ3) is 8.04. The lowest BCUT2D eigenvalue weighted by Crippen LogP contribution is -2.53. The van der Waals surface area contributed by atoms with Gasteiger partial charge >= 0.3 is 0 Å². The molecule has 0 unspecified atom stereocenters. The minimum atomic E-state index is -4.20. The van der Waals surface area contributed by atoms with Gasteiger partial charge < -0.3 is 10.2 Å². The van der Waals surface area contributed by atoms with Gasteiger partial charge in [0.05, 0.1) is 10.6 Å². The third-order valence-corrected chi connectivity index (χ3v) is 9.84. The maximum Gasteiger partial charge on any atom is 0.264 e. The summed E-state index contributed by atoms with van der Waals surface area (Å²) >= 11 is 9.86. The smallest absolute Gasteiger partial charge is 0.264 e. The van der Waals surface area contributed by atoms with Crippen LogP contribution in [0.5, 0.6) is 0 Å². The normalized spacial score (nSPS) is 11.9. The van der Waals surface area contributed by atoms with Crippen LogP contribution in [0.3, 0.4) is 0 Å². The summed E-state index contributed by atoms with van der Waals surface area (Å²) in [7, 11) is -2.68. The number of carbonyl (C=O) groups is 2. The van der Waals surface area contributed by atoms with Crippen LogP contribution in [0, 0.1) is 13.8 Å². The zero-order valence-electron chi connectivity index (χ0n) is 24.1. The molecule has 4 aromatic rings. The molecule has 7 nitrogen and oxygen atoms in total. The Kier molecular flexibility index (Phi) is 10.7. The molecule has 0 bridgehead atoms. The molecule has 2 amide bonds. The van der Waals surface area contributed by atoms with Crippen molar-refractivity contribution in [2.75, 3.05) is 17.9 Å². The van der Waals surface area contributed by atoms with Gasteiger partial charge in [0, 0.05) is 29.5 Å². The van der Waals surface area contributed by atoms with Crippen LogP contribution in [-0.4, -0.2) is 44.8 Å². The quantitative estimate of drug-likeness (QED) is 0.201. The van der Waals surface area contributed by atoms with Crippen molar-refractivity contribution in [3.63, 3.8) is 0 Å². The molecule has 0 heterocycles. The number of carbonyl (C=O) groups excluding carboxylic acids is 2. The highest BCUT2D eigenvalue weighted by Gasteiger charge is 2.34. The molecule has 43 heavy (non-hydrogen) atoms. The molecule has 0 fully saturated rings. The lowest BCUT2D eigenvalue weighted by atomic mass is 10.0. The molecule has 0 saturated carbocycles. The number of likely N-dealkylation sites (N-methyl/N-ethyl adjacent to an activating group) is 1. The highest BCUT2D eigenvalue weighted by atomic mass is 79.9. The number of nitrogens with zero attached hydrogens (tertiary/aromatic N) is 2. The highest BCUT2D eigenvalue weighted by Crippen LogP contribution is 2.29. The van der Waals surface area contributed by atoms with Crippen LogP contribution in [0.15, 0.2) is 106 Å². The molecule has 0 radical (unpaired) electrons. The Balaban J connectivity index is 1.80. The SMILES string of the molecule is CNC(=O)[C@H](Cc1ccccc1)N(Cc1ccc(Br)cc1)C(=O)CN(c1ccc(C)c(Cl)c1)S(=O)(=O)c1ccc(C)cc1. The molecule has 224 valence electrons. The molecule has 1 atom stereocenters. The fourth-order valence-corrected chi connectivity index (χ4v) is 6.46. The molecule has 0 aliphatic carbocycles. The van der Waals surface area contributed by atoms with Crippen LogP contribution in [0.25, 0.3) is 0 Å². The summed E-state index contributed by atoms with van der Waals surface area (Å²) in [5.41, 5.74) is 3.55. The molecule has 4 aromatic carbocycles. The number of anilines is 1. The van der Waals surface area contributed by atoms with Crippen molar-refractivity contribution in [1.82, 2.24) is 10.2 Å². The van der Waals surface area contributed by atoms with Crippen molar-refractivity contribution < 1.29 is 18.0 Å². The number of hydrogen-bond acceptors (Lipinski definition) is 4. The van der Waals surface area contributed by atoms with E-state index in [0.29, 0.717) is 5.02 Å². The first-order valence-corrected chi connectivity index (χ1v) is 16.3. The number of hydrogen-bond donors (Lipinski definition) is 1. The summed E-state index contributed by atoms with van der Waals surface area (Å²) < 4.78 is 30.1. The van der Waals surface area contributed by atoms with Crippen molar-refractivity contribution in [2.45, 2.75) is 37.8 Å². The lowest BCUT2D eigenvalue weighted by molar-refractivity contribution is -0.139. The van der Waals surface area contributed by atoms with Crippen LogP contribution in [-0.2, 0) is 32.6 Å². The van der Waals surface area contributed by atoms with Crippen molar-refractivity contribution >= 4 is 55.1 Å². The second-order valence-electron chi connectivity index (χ2n) is 10.2. The second kappa shape index (κ2) is 14.2. The Morgan fingerprint density at radius 1 is 0.884 bits per heavy atom. The number of amides is 2. The Hall–Kier alpha value is -3.66. The molecule has 0 spiro atoms. The molecule has 0 saturated heterocycles. The van der Waals surface area contributed by atoms with E-state index in [4.69, 9.17) is 11.6 Å². The number of rotatable bonds is 11. The monoisotopic (exact) mass is 681 g/mol. The van der Waals surface area contributed by atoms with E-state index in [1.807, 2.05) is 68.4 Å². The lowest BCUT2D eigenvalue weighted by Gasteiger charge is -2.33. The molecular weight excluding hydrogens is 650 g/mol. The molecule has 0 aliphatic heterocycles. The zero-order valence-corrected chi connectivity index (χ0v) is 27.3. The average Bonchev–Trinajstić information content (AvgIpc) is 3.00. The van der Waals surface area contributed by atoms with Gasteiger partial charge in [-0.3, -0.25) is 13.9 Å². The van der Waals surface area contributed by atoms with E-state index in [2.05, 4.69) is 21.2 Å². The first-order chi connectivity index (χ1) is 20.5. The van der Waals surface area contributed by atoms with Crippen LogP contribution in [0.1, 0.15) is 22.3 Å². The van der Waals surface area contributed by atoms with Crippen LogP contribution >= 0.6 is 27.5 Å². The molecule has 0 aliphatic rings. The number of benzene rings is 4. The van der Waals surface area contributed by atoms with Gasteiger partial charge in [-0.05, 0) is 66.9 Å². The Bertz CT molecular complexity index is 1680. The summed E-state index contributed by atoms with van der Waals surface area (Å²) in [6, 6.07) is 27.2. The molecule has 1 N–H and O–H groups in total. The molecule has 10 heteroatoms. The number of sulfonamides is 1. The van der Waals surface area contributed by atoms with E-state index >= 15 is 0 Å². The highest BCUT2D eigenvalue weighted by molar-refractivity contribution is 9.10. The van der Waals surface area contributed by atoms with E-state index in [1.54, 1.807) is 24.3 Å². The number of nitrogens with one attached hydrogen (secondary N) is 1. The van der Waals surface area contributed by atoms with E-state index in [1.165, 1.54) is 30.1 Å². The summed E-state index contributed by atoms with van der Waals surface area (Å²) in [5, 5.41) is 3.05. The van der Waals surface area contributed by atoms with E-state index in [9.17, 15) is 18.0 Å². The van der Waals surface area contributed by atoms with Gasteiger partial charge in [-0.1, -0.05) is 93.8 Å². The van der Waals surface area contributed by atoms with Gasteiger partial charge in [-0.2, -0.15) is 0 Å². The Morgan fingerprint density at radius 3 is 2.14 bits per heavy atom. The van der Waals surface area contributed by atoms with Crippen molar-refractivity contribution in [3.8, 4) is 0 Å². The van der Waals surface area contributed by atoms with Gasteiger partial charge in [-0.25, -0.2) is 8.42 Å². The standard InChI is InChI=1S/C33H33BrClN3O4S/c1-23-9-17-29(18-10-23)43(41,42)38(28-16-11-24(2)30(35)20-28)22-32(39)37(21-26-12-14-27(34)15-13-26)31(33(40)36-3)19-25-7-5-4-6-8-25/h4-18,20,31H,19,21-22H2,1-3H3,(H,36,40)/t31-/m0/s1. The third-order valence-electron chi connectivity index (χ3n) is 7.11. The zero-order chi connectivity index (χ0) is 31.1. The minimum absolute atomic E-state index is 0.0363. The van der Waals surface area contributed by atoms with Gasteiger partial charge in [-0.15, -0.1) is 0 Å². The van der Waals surface area contributed by atoms with E-state index < -0.39 is 28.5 Å². The van der Waals surface area contributed by atoms with Gasteiger partial charge in [0.1, 0.15) is 12.6 Å². The van der Waals surface area contributed by atoms with Crippen LogP contribution < -0.4 is 9.62 Å². The van der Waals surface area contributed by atoms with Crippen LogP contribution in [0.2, 0.25) is 5.02 Å². The van der Waals surface area contributed by atoms with E-state index in [0.717, 1.165) is 31.0 Å². The summed E-state index contributed by atoms with van der Waals surface area (Å²) in [6.45, 7) is 3.22. The van der Waals surface area contributed by atoms with Crippen LogP contribution in [0.4, 0.5) is 5.69 Å². The summed E-state index contributed by atoms with van der Waals surface area (Å²) in [4.78, 5) is 29.1. The van der Waals surface area contributed by atoms with Crippen molar-refractivity contribution in [1.29, 1.82) is 0 Å². The first kappa shape index (κ1) is 32.3.